The second-order valence-electron chi connectivity index (χ2n) is 9.79. The molecule has 3 rings (SSSR count). The van der Waals surface area contributed by atoms with Crippen LogP contribution in [0.4, 0.5) is 10.6 Å². The first-order valence-corrected chi connectivity index (χ1v) is 12.4. The summed E-state index contributed by atoms with van der Waals surface area (Å²) < 4.78 is 17.1. The summed E-state index contributed by atoms with van der Waals surface area (Å²) in [5, 5.41) is 2.92. The minimum absolute atomic E-state index is 0.101. The second-order valence-corrected chi connectivity index (χ2v) is 10.6. The molecule has 1 atom stereocenters. The number of halogens is 1. The van der Waals surface area contributed by atoms with Crippen LogP contribution in [0, 0.1) is 5.92 Å². The van der Waals surface area contributed by atoms with Crippen LogP contribution in [0.5, 0.6) is 5.88 Å². The van der Waals surface area contributed by atoms with Crippen molar-refractivity contribution in [3.05, 3.63) is 16.1 Å². The molecular formula is C23H36BrN5O5. The van der Waals surface area contributed by atoms with Crippen molar-refractivity contribution in [3.8, 4) is 5.88 Å². The molecule has 0 aromatic carbocycles. The molecule has 10 nitrogen and oxygen atoms in total. The Labute approximate surface area is 209 Å². The Morgan fingerprint density at radius 2 is 2.00 bits per heavy atom. The van der Waals surface area contributed by atoms with E-state index in [4.69, 9.17) is 19.9 Å². The van der Waals surface area contributed by atoms with Crippen molar-refractivity contribution >= 4 is 33.7 Å². The molecule has 2 aliphatic rings. The van der Waals surface area contributed by atoms with E-state index in [1.807, 2.05) is 20.8 Å². The van der Waals surface area contributed by atoms with Gasteiger partial charge in [0, 0.05) is 39.3 Å². The molecule has 1 unspecified atom stereocenters. The van der Waals surface area contributed by atoms with Crippen LogP contribution in [0.15, 0.2) is 10.5 Å². The number of carbonyl (C=O) groups excluding carboxylic acids is 2. The van der Waals surface area contributed by atoms with Gasteiger partial charge in [0.05, 0.1) is 24.3 Å². The molecule has 1 aromatic rings. The Morgan fingerprint density at radius 3 is 2.65 bits per heavy atom. The van der Waals surface area contributed by atoms with Gasteiger partial charge in [0.25, 0.3) is 5.91 Å². The summed E-state index contributed by atoms with van der Waals surface area (Å²) in [6.07, 6.45) is 1.58. The quantitative estimate of drug-likeness (QED) is 0.563. The van der Waals surface area contributed by atoms with Crippen LogP contribution in [-0.2, 0) is 9.47 Å². The van der Waals surface area contributed by atoms with E-state index in [1.165, 1.54) is 7.11 Å². The molecule has 190 valence electrons. The van der Waals surface area contributed by atoms with Crippen LogP contribution >= 0.6 is 15.9 Å². The maximum Gasteiger partial charge on any atom is 0.410 e. The largest absolute Gasteiger partial charge is 0.480 e. The van der Waals surface area contributed by atoms with Crippen LogP contribution in [0.1, 0.15) is 44.0 Å². The average molecular weight is 542 g/mol. The van der Waals surface area contributed by atoms with Gasteiger partial charge in [-0.25, -0.2) is 4.79 Å². The predicted molar refractivity (Wildman–Crippen MR) is 132 cm³/mol. The molecule has 0 bridgehead atoms. The highest BCUT2D eigenvalue weighted by Crippen LogP contribution is 2.25. The number of nitrogens with zero attached hydrogens (tertiary/aromatic N) is 3. The van der Waals surface area contributed by atoms with Gasteiger partial charge < -0.3 is 30.2 Å². The Balaban J connectivity index is 1.44. The molecule has 0 aliphatic carbocycles. The van der Waals surface area contributed by atoms with Crippen LogP contribution in [-0.4, -0.2) is 91.5 Å². The summed E-state index contributed by atoms with van der Waals surface area (Å²) in [7, 11) is 1.45. The fraction of sp³-hybridized carbons (Fsp3) is 0.696. The SMILES string of the molecule is COc1nc(N)c(Br)cc1C(=O)NCC1CN(CC2CCN(C(=O)OC(C)(C)C)CC2)CCO1. The summed E-state index contributed by atoms with van der Waals surface area (Å²) in [5.74, 6) is 0.675. The molecule has 0 spiro atoms. The zero-order valence-electron chi connectivity index (χ0n) is 20.4. The lowest BCUT2D eigenvalue weighted by Gasteiger charge is -2.38. The number of rotatable bonds is 6. The molecule has 2 aliphatic heterocycles. The summed E-state index contributed by atoms with van der Waals surface area (Å²) in [6.45, 7) is 10.7. The normalized spacial score (nSPS) is 20.1. The molecule has 11 heteroatoms. The Hall–Kier alpha value is -2.11. The van der Waals surface area contributed by atoms with E-state index in [-0.39, 0.29) is 29.8 Å². The summed E-state index contributed by atoms with van der Waals surface area (Å²) in [5.41, 5.74) is 5.61. The lowest BCUT2D eigenvalue weighted by atomic mass is 9.96. The molecule has 34 heavy (non-hydrogen) atoms. The number of piperidine rings is 1. The van der Waals surface area contributed by atoms with E-state index in [0.29, 0.717) is 29.1 Å². The third kappa shape index (κ3) is 7.44. The number of nitrogen functional groups attached to an aromatic ring is 1. The first-order valence-electron chi connectivity index (χ1n) is 11.7. The first kappa shape index (κ1) is 26.5. The van der Waals surface area contributed by atoms with Gasteiger partial charge in [0.15, 0.2) is 0 Å². The lowest BCUT2D eigenvalue weighted by Crippen LogP contribution is -2.50. The number of amides is 2. The summed E-state index contributed by atoms with van der Waals surface area (Å²) in [4.78, 5) is 33.3. The molecule has 3 N–H and O–H groups in total. The molecule has 3 heterocycles. The number of carbonyl (C=O) groups is 2. The molecule has 0 radical (unpaired) electrons. The zero-order chi connectivity index (χ0) is 24.9. The van der Waals surface area contributed by atoms with Gasteiger partial charge in [-0.3, -0.25) is 9.69 Å². The van der Waals surface area contributed by atoms with Crippen LogP contribution in [0.3, 0.4) is 0 Å². The topological polar surface area (TPSA) is 119 Å². The van der Waals surface area contributed by atoms with E-state index in [1.54, 1.807) is 11.0 Å². The van der Waals surface area contributed by atoms with Gasteiger partial charge in [-0.05, 0) is 61.5 Å². The maximum absolute atomic E-state index is 12.7. The fourth-order valence-corrected chi connectivity index (χ4v) is 4.48. The number of nitrogens with one attached hydrogen (secondary N) is 1. The van der Waals surface area contributed by atoms with Gasteiger partial charge >= 0.3 is 6.09 Å². The molecule has 2 amide bonds. The van der Waals surface area contributed by atoms with Crippen LogP contribution in [0.25, 0.3) is 0 Å². The summed E-state index contributed by atoms with van der Waals surface area (Å²) in [6, 6.07) is 1.61. The number of aromatic nitrogens is 1. The van der Waals surface area contributed by atoms with E-state index in [9.17, 15) is 9.59 Å². The number of hydrogen-bond acceptors (Lipinski definition) is 8. The number of methoxy groups -OCH3 is 1. The average Bonchev–Trinajstić information content (AvgIpc) is 2.78. The van der Waals surface area contributed by atoms with Crippen molar-refractivity contribution in [2.45, 2.75) is 45.3 Å². The van der Waals surface area contributed by atoms with E-state index >= 15 is 0 Å². The highest BCUT2D eigenvalue weighted by molar-refractivity contribution is 9.10. The number of pyridine rings is 1. The van der Waals surface area contributed by atoms with Gasteiger partial charge in [-0.2, -0.15) is 4.98 Å². The Kier molecular flexibility index (Phi) is 9.00. The second kappa shape index (κ2) is 11.5. The third-order valence-electron chi connectivity index (χ3n) is 5.90. The van der Waals surface area contributed by atoms with Crippen molar-refractivity contribution in [1.82, 2.24) is 20.1 Å². The number of ether oxygens (including phenoxy) is 3. The van der Waals surface area contributed by atoms with Gasteiger partial charge in [0.2, 0.25) is 5.88 Å². The smallest absolute Gasteiger partial charge is 0.410 e. The maximum atomic E-state index is 12.7. The van der Waals surface area contributed by atoms with Gasteiger partial charge in [0.1, 0.15) is 17.0 Å². The lowest BCUT2D eigenvalue weighted by molar-refractivity contribution is -0.0342. The van der Waals surface area contributed by atoms with E-state index in [2.05, 4.69) is 31.1 Å². The van der Waals surface area contributed by atoms with Crippen LogP contribution in [0.2, 0.25) is 0 Å². The van der Waals surface area contributed by atoms with Gasteiger partial charge in [-0.15, -0.1) is 0 Å². The Bertz CT molecular complexity index is 870. The van der Waals surface area contributed by atoms with Gasteiger partial charge in [-0.1, -0.05) is 0 Å². The van der Waals surface area contributed by atoms with Crippen molar-refractivity contribution in [2.75, 3.05) is 58.7 Å². The molecule has 2 fully saturated rings. The zero-order valence-corrected chi connectivity index (χ0v) is 22.0. The fourth-order valence-electron chi connectivity index (χ4n) is 4.16. The molecule has 2 saturated heterocycles. The number of hydrogen-bond donors (Lipinski definition) is 2. The molecule has 1 aromatic heterocycles. The van der Waals surface area contributed by atoms with Crippen molar-refractivity contribution in [1.29, 1.82) is 0 Å². The molecular weight excluding hydrogens is 506 g/mol. The number of anilines is 1. The van der Waals surface area contributed by atoms with Crippen molar-refractivity contribution in [3.63, 3.8) is 0 Å². The number of likely N-dealkylation sites (tertiary alicyclic amines) is 1. The van der Waals surface area contributed by atoms with Crippen LogP contribution < -0.4 is 15.8 Å². The monoisotopic (exact) mass is 541 g/mol. The standard InChI is InChI=1S/C23H36BrN5O5/c1-23(2,3)34-22(31)29-7-5-15(6-8-29)13-28-9-10-33-16(14-28)12-26-20(30)17-11-18(24)19(25)27-21(17)32-4/h11,15-16H,5-10,12-14H2,1-4H3,(H2,25,27)(H,26,30). The number of nitrogens with two attached hydrogens (primary N) is 1. The highest BCUT2D eigenvalue weighted by atomic mass is 79.9. The number of morpholine rings is 1. The van der Waals surface area contributed by atoms with E-state index < -0.39 is 5.60 Å². The Morgan fingerprint density at radius 1 is 1.29 bits per heavy atom. The van der Waals surface area contributed by atoms with E-state index in [0.717, 1.165) is 45.6 Å². The predicted octanol–water partition coefficient (Wildman–Crippen LogP) is 2.51. The first-order chi connectivity index (χ1) is 16.1. The van der Waals surface area contributed by atoms with Crippen molar-refractivity contribution < 1.29 is 23.8 Å². The minimum Gasteiger partial charge on any atom is -0.480 e. The highest BCUT2D eigenvalue weighted by Gasteiger charge is 2.29. The third-order valence-corrected chi connectivity index (χ3v) is 6.54. The van der Waals surface area contributed by atoms with Crippen molar-refractivity contribution in [2.24, 2.45) is 5.92 Å². The summed E-state index contributed by atoms with van der Waals surface area (Å²) >= 11 is 3.30. The molecule has 0 saturated carbocycles. The minimum atomic E-state index is -0.474.